The van der Waals surface area contributed by atoms with Crippen LogP contribution in [-0.4, -0.2) is 30.1 Å². The largest absolute Gasteiger partial charge is 0.368 e. The number of anilines is 2. The minimum atomic E-state index is -0.147. The van der Waals surface area contributed by atoms with Gasteiger partial charge in [-0.2, -0.15) is 0 Å². The van der Waals surface area contributed by atoms with Gasteiger partial charge in [0.05, 0.1) is 11.4 Å². The van der Waals surface area contributed by atoms with Crippen molar-refractivity contribution in [2.24, 2.45) is 5.92 Å². The molecular formula is C19H21N3O2. The molecule has 4 rings (SSSR count). The SMILES string of the molecule is O=C(Cn1ccccc1=O)N1CCN(CC2CC2)c2ccccc21. The molecule has 1 fully saturated rings. The van der Waals surface area contributed by atoms with Crippen LogP contribution >= 0.6 is 0 Å². The van der Waals surface area contributed by atoms with Crippen LogP contribution in [0.5, 0.6) is 0 Å². The van der Waals surface area contributed by atoms with Gasteiger partial charge in [-0.3, -0.25) is 9.59 Å². The first kappa shape index (κ1) is 15.0. The number of fused-ring (bicyclic) bond motifs is 1. The molecule has 1 aromatic carbocycles. The molecule has 0 spiro atoms. The number of amides is 1. The third kappa shape index (κ3) is 2.94. The number of hydrogen-bond acceptors (Lipinski definition) is 3. The number of carbonyl (C=O) groups excluding carboxylic acids is 1. The number of para-hydroxylation sites is 2. The Bertz CT molecular complexity index is 810. The molecule has 24 heavy (non-hydrogen) atoms. The molecular weight excluding hydrogens is 302 g/mol. The molecule has 2 aliphatic rings. The zero-order valence-corrected chi connectivity index (χ0v) is 13.6. The summed E-state index contributed by atoms with van der Waals surface area (Å²) in [6.45, 7) is 2.68. The maximum Gasteiger partial charge on any atom is 0.250 e. The van der Waals surface area contributed by atoms with Gasteiger partial charge >= 0.3 is 0 Å². The highest BCUT2D eigenvalue weighted by Crippen LogP contribution is 2.37. The van der Waals surface area contributed by atoms with Crippen LogP contribution in [0.1, 0.15) is 12.8 Å². The molecule has 2 heterocycles. The van der Waals surface area contributed by atoms with E-state index in [1.54, 1.807) is 18.3 Å². The summed E-state index contributed by atoms with van der Waals surface area (Å²) >= 11 is 0. The van der Waals surface area contributed by atoms with Crippen molar-refractivity contribution in [2.45, 2.75) is 19.4 Å². The van der Waals surface area contributed by atoms with Crippen molar-refractivity contribution >= 4 is 17.3 Å². The molecule has 0 bridgehead atoms. The second kappa shape index (κ2) is 6.15. The van der Waals surface area contributed by atoms with Crippen LogP contribution in [-0.2, 0) is 11.3 Å². The number of pyridine rings is 1. The zero-order valence-electron chi connectivity index (χ0n) is 13.6. The summed E-state index contributed by atoms with van der Waals surface area (Å²) in [6, 6.07) is 13.0. The Labute approximate surface area is 141 Å². The van der Waals surface area contributed by atoms with Crippen molar-refractivity contribution in [1.82, 2.24) is 4.57 Å². The zero-order chi connectivity index (χ0) is 16.5. The van der Waals surface area contributed by atoms with Gasteiger partial charge in [0.15, 0.2) is 0 Å². The maximum atomic E-state index is 12.8. The molecule has 1 aliphatic heterocycles. The first-order valence-corrected chi connectivity index (χ1v) is 8.52. The monoisotopic (exact) mass is 323 g/mol. The van der Waals surface area contributed by atoms with E-state index >= 15 is 0 Å². The van der Waals surface area contributed by atoms with Gasteiger partial charge in [-0.15, -0.1) is 0 Å². The smallest absolute Gasteiger partial charge is 0.250 e. The lowest BCUT2D eigenvalue weighted by molar-refractivity contribution is -0.119. The molecule has 1 saturated carbocycles. The Morgan fingerprint density at radius 2 is 1.75 bits per heavy atom. The minimum Gasteiger partial charge on any atom is -0.368 e. The van der Waals surface area contributed by atoms with E-state index in [1.165, 1.54) is 23.5 Å². The number of aromatic nitrogens is 1. The summed E-state index contributed by atoms with van der Waals surface area (Å²) in [7, 11) is 0. The Hall–Kier alpha value is -2.56. The number of carbonyl (C=O) groups is 1. The summed E-state index contributed by atoms with van der Waals surface area (Å²) in [5, 5.41) is 0. The van der Waals surface area contributed by atoms with Gasteiger partial charge in [-0.25, -0.2) is 0 Å². The summed E-state index contributed by atoms with van der Waals surface area (Å²) in [4.78, 5) is 28.8. The van der Waals surface area contributed by atoms with Crippen molar-refractivity contribution in [3.63, 3.8) is 0 Å². The van der Waals surface area contributed by atoms with E-state index in [0.29, 0.717) is 6.54 Å². The fourth-order valence-electron chi connectivity index (χ4n) is 3.30. The third-order valence-electron chi connectivity index (χ3n) is 4.79. The lowest BCUT2D eigenvalue weighted by Crippen LogP contribution is -2.46. The van der Waals surface area contributed by atoms with E-state index < -0.39 is 0 Å². The number of hydrogen-bond donors (Lipinski definition) is 0. The van der Waals surface area contributed by atoms with Crippen molar-refractivity contribution in [1.29, 1.82) is 0 Å². The van der Waals surface area contributed by atoms with Gasteiger partial charge in [-0.05, 0) is 37.0 Å². The first-order valence-electron chi connectivity index (χ1n) is 8.52. The van der Waals surface area contributed by atoms with Crippen LogP contribution in [0.3, 0.4) is 0 Å². The predicted molar refractivity (Wildman–Crippen MR) is 94.4 cm³/mol. The summed E-state index contributed by atoms with van der Waals surface area (Å²) in [5.74, 6) is 0.769. The van der Waals surface area contributed by atoms with E-state index in [9.17, 15) is 9.59 Å². The minimum absolute atomic E-state index is 0.0400. The Kier molecular flexibility index (Phi) is 3.84. The summed E-state index contributed by atoms with van der Waals surface area (Å²) < 4.78 is 1.46. The van der Waals surface area contributed by atoms with Gasteiger partial charge in [0.1, 0.15) is 6.54 Å². The lowest BCUT2D eigenvalue weighted by Gasteiger charge is -2.38. The number of nitrogens with zero attached hydrogens (tertiary/aromatic N) is 3. The standard InChI is InChI=1S/C19H21N3O2/c23-18-7-3-4-10-21(18)14-19(24)22-12-11-20(13-15-8-9-15)16-5-1-2-6-17(16)22/h1-7,10,15H,8-9,11-14H2. The summed E-state index contributed by atoms with van der Waals surface area (Å²) in [6.07, 6.45) is 4.30. The van der Waals surface area contributed by atoms with Crippen molar-refractivity contribution < 1.29 is 4.79 Å². The molecule has 0 unspecified atom stereocenters. The van der Waals surface area contributed by atoms with Crippen LogP contribution < -0.4 is 15.4 Å². The average molecular weight is 323 g/mol. The molecule has 5 nitrogen and oxygen atoms in total. The highest BCUT2D eigenvalue weighted by molar-refractivity contribution is 5.97. The van der Waals surface area contributed by atoms with Crippen LogP contribution in [0.25, 0.3) is 0 Å². The fraction of sp³-hybridized carbons (Fsp3) is 0.368. The second-order valence-electron chi connectivity index (χ2n) is 6.59. The maximum absolute atomic E-state index is 12.8. The molecule has 0 radical (unpaired) electrons. The molecule has 1 aromatic heterocycles. The highest BCUT2D eigenvalue weighted by atomic mass is 16.2. The van der Waals surface area contributed by atoms with Gasteiger partial charge in [0, 0.05) is 31.9 Å². The lowest BCUT2D eigenvalue weighted by atomic mass is 10.1. The van der Waals surface area contributed by atoms with Gasteiger partial charge in [-0.1, -0.05) is 18.2 Å². The van der Waals surface area contributed by atoms with Gasteiger partial charge < -0.3 is 14.4 Å². The molecule has 0 atom stereocenters. The summed E-state index contributed by atoms with van der Waals surface area (Å²) in [5.41, 5.74) is 1.94. The topological polar surface area (TPSA) is 45.6 Å². The Balaban J connectivity index is 1.57. The molecule has 1 aliphatic carbocycles. The van der Waals surface area contributed by atoms with E-state index in [4.69, 9.17) is 0 Å². The Morgan fingerprint density at radius 3 is 2.50 bits per heavy atom. The van der Waals surface area contributed by atoms with Crippen LogP contribution in [0.15, 0.2) is 53.5 Å². The molecule has 1 amide bonds. The van der Waals surface area contributed by atoms with Crippen LogP contribution in [0.2, 0.25) is 0 Å². The number of rotatable bonds is 4. The molecule has 124 valence electrons. The van der Waals surface area contributed by atoms with E-state index in [2.05, 4.69) is 11.0 Å². The average Bonchev–Trinajstić information content (AvgIpc) is 3.41. The molecule has 0 N–H and O–H groups in total. The molecule has 2 aromatic rings. The van der Waals surface area contributed by atoms with Crippen LogP contribution in [0.4, 0.5) is 11.4 Å². The fourth-order valence-corrected chi connectivity index (χ4v) is 3.30. The first-order chi connectivity index (χ1) is 11.7. The third-order valence-corrected chi connectivity index (χ3v) is 4.79. The van der Waals surface area contributed by atoms with E-state index in [1.807, 2.05) is 23.1 Å². The van der Waals surface area contributed by atoms with Crippen LogP contribution in [0, 0.1) is 5.92 Å². The second-order valence-corrected chi connectivity index (χ2v) is 6.59. The predicted octanol–water partition coefficient (Wildman–Crippen LogP) is 2.11. The van der Waals surface area contributed by atoms with Gasteiger partial charge in [0.2, 0.25) is 5.91 Å². The number of benzene rings is 1. The van der Waals surface area contributed by atoms with Crippen molar-refractivity contribution in [2.75, 3.05) is 29.4 Å². The normalized spacial score (nSPS) is 16.8. The van der Waals surface area contributed by atoms with Crippen molar-refractivity contribution in [3.8, 4) is 0 Å². The Morgan fingerprint density at radius 1 is 1.00 bits per heavy atom. The van der Waals surface area contributed by atoms with Gasteiger partial charge in [0.25, 0.3) is 5.56 Å². The van der Waals surface area contributed by atoms with E-state index in [0.717, 1.165) is 30.4 Å². The molecule has 5 heteroatoms. The highest BCUT2D eigenvalue weighted by Gasteiger charge is 2.30. The quantitative estimate of drug-likeness (QED) is 0.866. The van der Waals surface area contributed by atoms with E-state index in [-0.39, 0.29) is 18.0 Å². The van der Waals surface area contributed by atoms with Crippen molar-refractivity contribution in [3.05, 3.63) is 59.0 Å². The molecule has 0 saturated heterocycles.